The van der Waals surface area contributed by atoms with Crippen molar-refractivity contribution in [2.45, 2.75) is 19.1 Å². The minimum absolute atomic E-state index is 0. The summed E-state index contributed by atoms with van der Waals surface area (Å²) in [6, 6.07) is 7.32. The van der Waals surface area contributed by atoms with Gasteiger partial charge in [0.2, 0.25) is 0 Å². The summed E-state index contributed by atoms with van der Waals surface area (Å²) in [5, 5.41) is 10.2. The van der Waals surface area contributed by atoms with E-state index in [2.05, 4.69) is 4.90 Å². The minimum Gasteiger partial charge on any atom is -0.369 e. The van der Waals surface area contributed by atoms with Crippen LogP contribution in [-0.2, 0) is 0 Å². The normalized spacial score (nSPS) is 22.5. The highest BCUT2D eigenvalue weighted by Gasteiger charge is 2.34. The van der Waals surface area contributed by atoms with Crippen LogP contribution in [0.1, 0.15) is 35.0 Å². The molecule has 1 fully saturated rings. The molecule has 1 aromatic carbocycles. The highest BCUT2D eigenvalue weighted by atomic mass is 35.5. The molecule has 1 aromatic rings. The van der Waals surface area contributed by atoms with Crippen molar-refractivity contribution in [1.82, 2.24) is 9.80 Å². The molecule has 1 saturated heterocycles. The van der Waals surface area contributed by atoms with Gasteiger partial charge in [0.25, 0.3) is 5.91 Å². The van der Waals surface area contributed by atoms with Gasteiger partial charge in [-0.25, -0.2) is 0 Å². The number of hydrogen-bond acceptors (Lipinski definition) is 3. The van der Waals surface area contributed by atoms with Crippen molar-refractivity contribution in [3.63, 3.8) is 0 Å². The second-order valence-electron chi connectivity index (χ2n) is 5.01. The summed E-state index contributed by atoms with van der Waals surface area (Å²) in [5.74, 6) is -0.0442. The Morgan fingerprint density at radius 2 is 1.84 bits per heavy atom. The average molecular weight is 283 g/mol. The van der Waals surface area contributed by atoms with Crippen molar-refractivity contribution < 1.29 is 9.90 Å². The maximum atomic E-state index is 12.2. The third-order valence-electron chi connectivity index (χ3n) is 3.88. The first-order valence-corrected chi connectivity index (χ1v) is 6.58. The van der Waals surface area contributed by atoms with Gasteiger partial charge in [0.15, 0.2) is 6.23 Å². The van der Waals surface area contributed by atoms with E-state index in [0.717, 1.165) is 25.2 Å². The Balaban J connectivity index is 0.00000133. The maximum Gasteiger partial charge on any atom is 0.256 e. The number of likely N-dealkylation sites (tertiary alicyclic amines) is 1. The van der Waals surface area contributed by atoms with Crippen LogP contribution in [-0.4, -0.2) is 47.0 Å². The molecule has 1 atom stereocenters. The molecule has 2 aliphatic rings. The van der Waals surface area contributed by atoms with Gasteiger partial charge in [-0.05, 0) is 32.0 Å². The monoisotopic (exact) mass is 282 g/mol. The van der Waals surface area contributed by atoms with Crippen molar-refractivity contribution in [2.75, 3.05) is 26.2 Å². The quantitative estimate of drug-likeness (QED) is 0.917. The molecule has 4 nitrogen and oxygen atoms in total. The molecule has 0 aromatic heterocycles. The van der Waals surface area contributed by atoms with E-state index in [4.69, 9.17) is 0 Å². The zero-order valence-corrected chi connectivity index (χ0v) is 11.6. The van der Waals surface area contributed by atoms with E-state index < -0.39 is 6.23 Å². The van der Waals surface area contributed by atoms with Crippen molar-refractivity contribution in [2.24, 2.45) is 0 Å². The number of carbonyl (C=O) groups excluding carboxylic acids is 1. The van der Waals surface area contributed by atoms with Crippen LogP contribution in [0.2, 0.25) is 0 Å². The number of hydrogen-bond donors (Lipinski definition) is 1. The zero-order valence-electron chi connectivity index (χ0n) is 10.8. The number of benzene rings is 1. The lowest BCUT2D eigenvalue weighted by molar-refractivity contribution is 0.0145. The molecule has 0 spiro atoms. The van der Waals surface area contributed by atoms with Crippen LogP contribution in [0.4, 0.5) is 0 Å². The lowest BCUT2D eigenvalue weighted by Crippen LogP contribution is -2.36. The summed E-state index contributed by atoms with van der Waals surface area (Å²) in [6.07, 6.45) is 1.73. The molecule has 104 valence electrons. The summed E-state index contributed by atoms with van der Waals surface area (Å²) in [4.78, 5) is 16.1. The van der Waals surface area contributed by atoms with Crippen molar-refractivity contribution in [3.8, 4) is 0 Å². The lowest BCUT2D eigenvalue weighted by Gasteiger charge is -2.24. The van der Waals surface area contributed by atoms with Crippen LogP contribution in [0.25, 0.3) is 0 Å². The van der Waals surface area contributed by atoms with Gasteiger partial charge in [0.1, 0.15) is 0 Å². The first-order chi connectivity index (χ1) is 8.77. The summed E-state index contributed by atoms with van der Waals surface area (Å²) >= 11 is 0. The molecule has 3 rings (SSSR count). The van der Waals surface area contributed by atoms with E-state index in [1.165, 1.54) is 12.8 Å². The minimum atomic E-state index is -0.767. The molecule has 1 N–H and O–H groups in total. The first-order valence-electron chi connectivity index (χ1n) is 6.58. The van der Waals surface area contributed by atoms with Gasteiger partial charge < -0.3 is 14.9 Å². The zero-order chi connectivity index (χ0) is 12.5. The second-order valence-corrected chi connectivity index (χ2v) is 5.01. The van der Waals surface area contributed by atoms with Crippen LogP contribution in [0.3, 0.4) is 0 Å². The Hall–Kier alpha value is -1.10. The SMILES string of the molecule is Cl.O=C1c2ccccc2C(O)N1CCN1CCCC1. The van der Waals surface area contributed by atoms with E-state index in [1.54, 1.807) is 11.0 Å². The van der Waals surface area contributed by atoms with Crippen molar-refractivity contribution in [1.29, 1.82) is 0 Å². The second kappa shape index (κ2) is 5.90. The summed E-state index contributed by atoms with van der Waals surface area (Å²) in [6.45, 7) is 3.70. The average Bonchev–Trinajstić information content (AvgIpc) is 2.98. The third-order valence-corrected chi connectivity index (χ3v) is 3.88. The number of fused-ring (bicyclic) bond motifs is 1. The third kappa shape index (κ3) is 2.61. The van der Waals surface area contributed by atoms with Gasteiger partial charge in [-0.2, -0.15) is 0 Å². The van der Waals surface area contributed by atoms with E-state index >= 15 is 0 Å². The Kier molecular flexibility index (Phi) is 4.45. The molecule has 19 heavy (non-hydrogen) atoms. The number of rotatable bonds is 3. The highest BCUT2D eigenvalue weighted by Crippen LogP contribution is 2.30. The molecule has 0 saturated carbocycles. The molecule has 0 bridgehead atoms. The summed E-state index contributed by atoms with van der Waals surface area (Å²) in [5.41, 5.74) is 1.38. The van der Waals surface area contributed by atoms with Crippen LogP contribution in [0.5, 0.6) is 0 Å². The molecule has 1 amide bonds. The number of amides is 1. The maximum absolute atomic E-state index is 12.2. The molecule has 2 heterocycles. The largest absolute Gasteiger partial charge is 0.369 e. The van der Waals surface area contributed by atoms with Crippen LogP contribution in [0, 0.1) is 0 Å². The Bertz CT molecular complexity index is 461. The van der Waals surface area contributed by atoms with Gasteiger partial charge in [0.05, 0.1) is 0 Å². The Morgan fingerprint density at radius 3 is 2.53 bits per heavy atom. The fraction of sp³-hybridized carbons (Fsp3) is 0.500. The Labute approximate surface area is 119 Å². The van der Waals surface area contributed by atoms with Crippen molar-refractivity contribution in [3.05, 3.63) is 35.4 Å². The van der Waals surface area contributed by atoms with E-state index in [1.807, 2.05) is 18.2 Å². The van der Waals surface area contributed by atoms with Crippen molar-refractivity contribution >= 4 is 18.3 Å². The topological polar surface area (TPSA) is 43.8 Å². The number of nitrogens with zero attached hydrogens (tertiary/aromatic N) is 2. The Morgan fingerprint density at radius 1 is 1.16 bits per heavy atom. The predicted molar refractivity (Wildman–Crippen MR) is 75.4 cm³/mol. The van der Waals surface area contributed by atoms with E-state index in [0.29, 0.717) is 12.1 Å². The fourth-order valence-electron chi connectivity index (χ4n) is 2.83. The highest BCUT2D eigenvalue weighted by molar-refractivity contribution is 5.98. The standard InChI is InChI=1S/C14H18N2O2.ClH/c17-13-11-5-1-2-6-12(11)14(18)16(13)10-9-15-7-3-4-8-15;/h1-2,5-6,13,17H,3-4,7-10H2;1H. The predicted octanol–water partition coefficient (Wildman–Crippen LogP) is 1.65. The van der Waals surface area contributed by atoms with Crippen LogP contribution >= 0.6 is 12.4 Å². The number of aliphatic hydroxyl groups excluding tert-OH is 1. The van der Waals surface area contributed by atoms with Gasteiger partial charge in [-0.3, -0.25) is 4.79 Å². The van der Waals surface area contributed by atoms with Gasteiger partial charge in [0, 0.05) is 24.2 Å². The molecule has 5 heteroatoms. The molecule has 0 aliphatic carbocycles. The first kappa shape index (κ1) is 14.3. The fourth-order valence-corrected chi connectivity index (χ4v) is 2.83. The molecule has 2 aliphatic heterocycles. The number of aliphatic hydroxyl groups is 1. The smallest absolute Gasteiger partial charge is 0.256 e. The van der Waals surface area contributed by atoms with Gasteiger partial charge >= 0.3 is 0 Å². The van der Waals surface area contributed by atoms with Gasteiger partial charge in [-0.1, -0.05) is 18.2 Å². The molecular formula is C14H19ClN2O2. The van der Waals surface area contributed by atoms with Crippen LogP contribution in [0.15, 0.2) is 24.3 Å². The lowest BCUT2D eigenvalue weighted by atomic mass is 10.1. The number of halogens is 1. The van der Waals surface area contributed by atoms with E-state index in [9.17, 15) is 9.90 Å². The summed E-state index contributed by atoms with van der Waals surface area (Å²) in [7, 11) is 0. The van der Waals surface area contributed by atoms with Crippen LogP contribution < -0.4 is 0 Å². The summed E-state index contributed by atoms with van der Waals surface area (Å²) < 4.78 is 0. The number of carbonyl (C=O) groups is 1. The molecule has 0 radical (unpaired) electrons. The molecular weight excluding hydrogens is 264 g/mol. The van der Waals surface area contributed by atoms with E-state index in [-0.39, 0.29) is 18.3 Å². The molecule has 1 unspecified atom stereocenters. The van der Waals surface area contributed by atoms with Gasteiger partial charge in [-0.15, -0.1) is 12.4 Å².